The molecule has 0 saturated heterocycles. The molecule has 0 saturated carbocycles. The lowest BCUT2D eigenvalue weighted by molar-refractivity contribution is -0.126. The third-order valence-corrected chi connectivity index (χ3v) is 1.03. The number of rotatable bonds is 3. The Bertz CT molecular complexity index is 208. The van der Waals surface area contributed by atoms with E-state index in [4.69, 9.17) is 0 Å². The summed E-state index contributed by atoms with van der Waals surface area (Å²) in [6.45, 7) is 8.48. The molecule has 0 aromatic rings. The van der Waals surface area contributed by atoms with Crippen molar-refractivity contribution in [3.05, 3.63) is 36.5 Å². The highest BCUT2D eigenvalue weighted by atomic mass is 19.4. The summed E-state index contributed by atoms with van der Waals surface area (Å²) in [4.78, 5) is 0. The second-order valence-electron chi connectivity index (χ2n) is 2.63. The molecule has 0 rings (SSSR count). The van der Waals surface area contributed by atoms with Gasteiger partial charge in [-0.1, -0.05) is 30.9 Å². The molecule has 0 aliphatic rings. The van der Waals surface area contributed by atoms with Gasteiger partial charge in [0.05, 0.1) is 6.42 Å². The van der Waals surface area contributed by atoms with E-state index >= 15 is 0 Å². The van der Waals surface area contributed by atoms with Gasteiger partial charge >= 0.3 is 6.18 Å². The number of hydrogen-bond donors (Lipinski definition) is 0. The summed E-state index contributed by atoms with van der Waals surface area (Å²) in [5.41, 5.74) is 0.754. The summed E-state index contributed by atoms with van der Waals surface area (Å²) >= 11 is 0. The largest absolute Gasteiger partial charge is 0.393 e. The van der Waals surface area contributed by atoms with Crippen molar-refractivity contribution in [3.8, 4) is 0 Å². The van der Waals surface area contributed by atoms with Crippen molar-refractivity contribution in [2.45, 2.75) is 19.5 Å². The predicted molar refractivity (Wildman–Crippen MR) is 43.8 cm³/mol. The Kier molecular flexibility index (Phi) is 3.80. The van der Waals surface area contributed by atoms with E-state index in [0.717, 1.165) is 0 Å². The van der Waals surface area contributed by atoms with Crippen LogP contribution >= 0.6 is 0 Å². The van der Waals surface area contributed by atoms with Crippen LogP contribution in [0.15, 0.2) is 36.5 Å². The van der Waals surface area contributed by atoms with Gasteiger partial charge in [-0.25, -0.2) is 0 Å². The Hall–Kier alpha value is -0.990. The Morgan fingerprint density at radius 3 is 2.08 bits per heavy atom. The zero-order chi connectivity index (χ0) is 9.78. The van der Waals surface area contributed by atoms with Gasteiger partial charge in [-0.2, -0.15) is 13.2 Å². The minimum Gasteiger partial charge on any atom is -0.171 e. The second kappa shape index (κ2) is 4.14. The van der Waals surface area contributed by atoms with Crippen LogP contribution in [0.4, 0.5) is 13.2 Å². The highest BCUT2D eigenvalue weighted by molar-refractivity contribution is 5.23. The van der Waals surface area contributed by atoms with Crippen LogP contribution < -0.4 is 0 Å². The van der Waals surface area contributed by atoms with Crippen LogP contribution in [0.25, 0.3) is 0 Å². The Morgan fingerprint density at radius 1 is 1.25 bits per heavy atom. The lowest BCUT2D eigenvalue weighted by Gasteiger charge is -2.04. The van der Waals surface area contributed by atoms with Gasteiger partial charge in [-0.15, -0.1) is 0 Å². The zero-order valence-electron chi connectivity index (χ0n) is 6.91. The van der Waals surface area contributed by atoms with Crippen molar-refractivity contribution >= 4 is 0 Å². The minimum atomic E-state index is -4.17. The molecule has 0 unspecified atom stereocenters. The van der Waals surface area contributed by atoms with E-state index in [0.29, 0.717) is 5.57 Å². The van der Waals surface area contributed by atoms with Crippen LogP contribution in [-0.4, -0.2) is 6.18 Å². The third-order valence-electron chi connectivity index (χ3n) is 1.03. The Morgan fingerprint density at radius 2 is 1.75 bits per heavy atom. The summed E-state index contributed by atoms with van der Waals surface area (Å²) in [5, 5.41) is 0. The molecule has 12 heavy (non-hydrogen) atoms. The fourth-order valence-electron chi connectivity index (χ4n) is 0.576. The van der Waals surface area contributed by atoms with Gasteiger partial charge < -0.3 is 0 Å². The highest BCUT2D eigenvalue weighted by Crippen LogP contribution is 2.24. The van der Waals surface area contributed by atoms with Crippen molar-refractivity contribution in [3.63, 3.8) is 0 Å². The standard InChI is InChI=1S/C9H11F3/c1-7(2)4-5-8(3)6-9(10,11)12/h4-5H,1,3,6H2,2H3/b5-4-. The summed E-state index contributed by atoms with van der Waals surface area (Å²) in [6.07, 6.45) is -2.29. The molecule has 0 aromatic heterocycles. The van der Waals surface area contributed by atoms with Crippen molar-refractivity contribution in [1.29, 1.82) is 0 Å². The van der Waals surface area contributed by atoms with Crippen LogP contribution in [-0.2, 0) is 0 Å². The van der Waals surface area contributed by atoms with Crippen molar-refractivity contribution < 1.29 is 13.2 Å². The van der Waals surface area contributed by atoms with E-state index in [1.807, 2.05) is 0 Å². The topological polar surface area (TPSA) is 0 Å². The molecule has 68 valence electrons. The SMILES string of the molecule is C=C(C)/C=C\C(=C)CC(F)(F)F. The van der Waals surface area contributed by atoms with Crippen LogP contribution in [0, 0.1) is 0 Å². The maximum absolute atomic E-state index is 11.7. The first-order valence-corrected chi connectivity index (χ1v) is 3.39. The average Bonchev–Trinajstić information content (AvgIpc) is 1.79. The van der Waals surface area contributed by atoms with E-state index in [9.17, 15) is 13.2 Å². The van der Waals surface area contributed by atoms with Crippen LogP contribution in [0.1, 0.15) is 13.3 Å². The average molecular weight is 176 g/mol. The summed E-state index contributed by atoms with van der Waals surface area (Å²) in [6, 6.07) is 0. The number of allylic oxidation sites excluding steroid dienone is 4. The van der Waals surface area contributed by atoms with Crippen LogP contribution in [0.3, 0.4) is 0 Å². The molecule has 0 fully saturated rings. The molecule has 0 nitrogen and oxygen atoms in total. The number of halogens is 3. The van der Waals surface area contributed by atoms with E-state index in [1.165, 1.54) is 12.2 Å². The van der Waals surface area contributed by atoms with Gasteiger partial charge in [0.15, 0.2) is 0 Å². The minimum absolute atomic E-state index is 0.0468. The first-order chi connectivity index (χ1) is 5.31. The zero-order valence-corrected chi connectivity index (χ0v) is 6.91. The predicted octanol–water partition coefficient (Wildman–Crippen LogP) is 3.63. The maximum atomic E-state index is 11.7. The smallest absolute Gasteiger partial charge is 0.171 e. The fourth-order valence-corrected chi connectivity index (χ4v) is 0.576. The lowest BCUT2D eigenvalue weighted by atomic mass is 10.2. The molecule has 0 aliphatic heterocycles. The molecule has 0 aromatic carbocycles. The van der Waals surface area contributed by atoms with Gasteiger partial charge in [0.2, 0.25) is 0 Å². The maximum Gasteiger partial charge on any atom is 0.393 e. The molecule has 0 spiro atoms. The van der Waals surface area contributed by atoms with Crippen molar-refractivity contribution in [1.82, 2.24) is 0 Å². The molecule has 0 amide bonds. The van der Waals surface area contributed by atoms with E-state index in [2.05, 4.69) is 13.2 Å². The van der Waals surface area contributed by atoms with Gasteiger partial charge in [0.25, 0.3) is 0 Å². The first-order valence-electron chi connectivity index (χ1n) is 3.39. The molecule has 0 aliphatic carbocycles. The molecule has 0 bridgehead atoms. The summed E-state index contributed by atoms with van der Waals surface area (Å²) < 4.78 is 35.1. The van der Waals surface area contributed by atoms with E-state index in [1.54, 1.807) is 6.92 Å². The third kappa shape index (κ3) is 7.12. The van der Waals surface area contributed by atoms with Crippen molar-refractivity contribution in [2.24, 2.45) is 0 Å². The highest BCUT2D eigenvalue weighted by Gasteiger charge is 2.27. The van der Waals surface area contributed by atoms with Gasteiger partial charge in [-0.05, 0) is 12.5 Å². The molecule has 0 atom stereocenters. The van der Waals surface area contributed by atoms with E-state index < -0.39 is 12.6 Å². The summed E-state index contributed by atoms with van der Waals surface area (Å²) in [5.74, 6) is 0. The lowest BCUT2D eigenvalue weighted by Crippen LogP contribution is -2.06. The molecule has 0 N–H and O–H groups in total. The summed E-state index contributed by atoms with van der Waals surface area (Å²) in [7, 11) is 0. The fraction of sp³-hybridized carbons (Fsp3) is 0.333. The molecule has 0 radical (unpaired) electrons. The van der Waals surface area contributed by atoms with Gasteiger partial charge in [-0.3, -0.25) is 0 Å². The Labute approximate surface area is 70.1 Å². The molecule has 3 heteroatoms. The molecule has 0 heterocycles. The van der Waals surface area contributed by atoms with Crippen LogP contribution in [0.2, 0.25) is 0 Å². The van der Waals surface area contributed by atoms with Gasteiger partial charge in [0.1, 0.15) is 0 Å². The van der Waals surface area contributed by atoms with Gasteiger partial charge in [0, 0.05) is 0 Å². The van der Waals surface area contributed by atoms with E-state index in [-0.39, 0.29) is 5.57 Å². The monoisotopic (exact) mass is 176 g/mol. The normalized spacial score (nSPS) is 12.0. The number of alkyl halides is 3. The number of hydrogen-bond acceptors (Lipinski definition) is 0. The first kappa shape index (κ1) is 11.0. The molecular weight excluding hydrogens is 165 g/mol. The quantitative estimate of drug-likeness (QED) is 0.576. The molecular formula is C9H11F3. The van der Waals surface area contributed by atoms with Crippen LogP contribution in [0.5, 0.6) is 0 Å². The van der Waals surface area contributed by atoms with Crippen molar-refractivity contribution in [2.75, 3.05) is 0 Å². The second-order valence-corrected chi connectivity index (χ2v) is 2.63. The Balaban J connectivity index is 3.99.